The van der Waals surface area contributed by atoms with Crippen molar-refractivity contribution in [2.75, 3.05) is 21.3 Å². The van der Waals surface area contributed by atoms with Gasteiger partial charge in [-0.2, -0.15) is 4.98 Å². The molecule has 4 rings (SSSR count). The zero-order valence-corrected chi connectivity index (χ0v) is 18.3. The van der Waals surface area contributed by atoms with Crippen molar-refractivity contribution < 1.29 is 18.9 Å². The van der Waals surface area contributed by atoms with Gasteiger partial charge in [-0.05, 0) is 20.8 Å². The lowest BCUT2D eigenvalue weighted by molar-refractivity contribution is 0.320. The van der Waals surface area contributed by atoms with Gasteiger partial charge in [-0.1, -0.05) is 0 Å². The molecule has 4 aromatic rings. The first kappa shape index (κ1) is 19.9. The standard InChI is InChI=1S/C20H21N5O4S/c1-10-17-20(29-13-7-15(26-4)18(28-6)16(8-13)27-5)23-19(14-9-30-12(3)22-14)24-25(17)11(2)21-10/h7-9H,1-6H3. The third-order valence-electron chi connectivity index (χ3n) is 4.50. The third kappa shape index (κ3) is 3.39. The summed E-state index contributed by atoms with van der Waals surface area (Å²) >= 11 is 1.53. The Morgan fingerprint density at radius 2 is 1.60 bits per heavy atom. The Bertz CT molecular complexity index is 1210. The molecule has 0 spiro atoms. The highest BCUT2D eigenvalue weighted by atomic mass is 32.1. The zero-order chi connectivity index (χ0) is 21.4. The number of aromatic nitrogens is 5. The maximum Gasteiger partial charge on any atom is 0.249 e. The maximum absolute atomic E-state index is 6.19. The quantitative estimate of drug-likeness (QED) is 0.456. The molecule has 1 aromatic carbocycles. The minimum atomic E-state index is 0.359. The molecular weight excluding hydrogens is 406 g/mol. The molecule has 0 saturated heterocycles. The summed E-state index contributed by atoms with van der Waals surface area (Å²) in [6, 6.07) is 3.43. The summed E-state index contributed by atoms with van der Waals surface area (Å²) in [5.74, 6) is 3.46. The largest absolute Gasteiger partial charge is 0.493 e. The lowest BCUT2D eigenvalue weighted by atomic mass is 10.2. The van der Waals surface area contributed by atoms with Crippen LogP contribution in [0.1, 0.15) is 16.5 Å². The van der Waals surface area contributed by atoms with Crippen LogP contribution in [0.2, 0.25) is 0 Å². The number of thiazole rings is 1. The highest BCUT2D eigenvalue weighted by molar-refractivity contribution is 7.09. The topological polar surface area (TPSA) is 92.9 Å². The first-order valence-electron chi connectivity index (χ1n) is 9.09. The lowest BCUT2D eigenvalue weighted by Crippen LogP contribution is -2.04. The van der Waals surface area contributed by atoms with Crippen LogP contribution in [0, 0.1) is 20.8 Å². The number of aryl methyl sites for hydroxylation is 3. The van der Waals surface area contributed by atoms with Crippen molar-refractivity contribution >= 4 is 16.9 Å². The zero-order valence-electron chi connectivity index (χ0n) is 17.5. The normalized spacial score (nSPS) is 11.0. The van der Waals surface area contributed by atoms with Crippen LogP contribution < -0.4 is 18.9 Å². The molecule has 30 heavy (non-hydrogen) atoms. The molecule has 3 aromatic heterocycles. The van der Waals surface area contributed by atoms with Gasteiger partial charge in [0.25, 0.3) is 0 Å². The molecule has 0 N–H and O–H groups in total. The van der Waals surface area contributed by atoms with E-state index in [0.717, 1.165) is 16.5 Å². The van der Waals surface area contributed by atoms with Gasteiger partial charge in [0.2, 0.25) is 17.5 Å². The van der Waals surface area contributed by atoms with Crippen LogP contribution >= 0.6 is 11.3 Å². The summed E-state index contributed by atoms with van der Waals surface area (Å²) in [6.07, 6.45) is 0. The predicted molar refractivity (Wildman–Crippen MR) is 112 cm³/mol. The fourth-order valence-electron chi connectivity index (χ4n) is 3.17. The highest BCUT2D eigenvalue weighted by Gasteiger charge is 2.20. The summed E-state index contributed by atoms with van der Waals surface area (Å²) in [7, 11) is 4.66. The molecule has 10 heteroatoms. The molecule has 0 aliphatic rings. The number of benzene rings is 1. The number of ether oxygens (including phenoxy) is 4. The fourth-order valence-corrected chi connectivity index (χ4v) is 3.76. The van der Waals surface area contributed by atoms with E-state index in [0.29, 0.717) is 45.9 Å². The van der Waals surface area contributed by atoms with E-state index in [1.54, 1.807) is 38.0 Å². The molecule has 0 fully saturated rings. The Labute approximate surface area is 177 Å². The van der Waals surface area contributed by atoms with Gasteiger partial charge in [0.05, 0.1) is 32.0 Å². The molecule has 0 aliphatic heterocycles. The number of methoxy groups -OCH3 is 3. The van der Waals surface area contributed by atoms with E-state index in [1.165, 1.54) is 11.3 Å². The second kappa shape index (κ2) is 7.79. The van der Waals surface area contributed by atoms with E-state index in [1.807, 2.05) is 26.2 Å². The van der Waals surface area contributed by atoms with Crippen molar-refractivity contribution in [2.24, 2.45) is 0 Å². The average molecular weight is 427 g/mol. The molecular formula is C20H21N5O4S. The summed E-state index contributed by atoms with van der Waals surface area (Å²) in [5.41, 5.74) is 2.12. The van der Waals surface area contributed by atoms with E-state index >= 15 is 0 Å². The van der Waals surface area contributed by atoms with Crippen molar-refractivity contribution in [3.63, 3.8) is 0 Å². The van der Waals surface area contributed by atoms with Crippen molar-refractivity contribution in [1.82, 2.24) is 24.6 Å². The molecule has 156 valence electrons. The van der Waals surface area contributed by atoms with Crippen LogP contribution in [0.25, 0.3) is 17.0 Å². The van der Waals surface area contributed by atoms with E-state index in [2.05, 4.69) is 20.1 Å². The Hall–Kier alpha value is -3.40. The summed E-state index contributed by atoms with van der Waals surface area (Å²) in [4.78, 5) is 13.7. The van der Waals surface area contributed by atoms with E-state index in [-0.39, 0.29) is 0 Å². The number of rotatable bonds is 6. The highest BCUT2D eigenvalue weighted by Crippen LogP contribution is 2.42. The fraction of sp³-hybridized carbons (Fsp3) is 0.300. The Kier molecular flexibility index (Phi) is 5.17. The summed E-state index contributed by atoms with van der Waals surface area (Å²) in [5, 5.41) is 7.46. The molecule has 0 aliphatic carbocycles. The van der Waals surface area contributed by atoms with E-state index in [9.17, 15) is 0 Å². The minimum absolute atomic E-state index is 0.359. The van der Waals surface area contributed by atoms with Crippen molar-refractivity contribution in [3.05, 3.63) is 34.0 Å². The molecule has 3 heterocycles. The molecule has 0 amide bonds. The second-order valence-corrected chi connectivity index (χ2v) is 7.52. The van der Waals surface area contributed by atoms with E-state index < -0.39 is 0 Å². The summed E-state index contributed by atoms with van der Waals surface area (Å²) in [6.45, 7) is 5.71. The van der Waals surface area contributed by atoms with E-state index in [4.69, 9.17) is 18.9 Å². The number of hydrogen-bond acceptors (Lipinski definition) is 9. The van der Waals surface area contributed by atoms with Gasteiger partial charge in [0.15, 0.2) is 17.0 Å². The molecule has 0 atom stereocenters. The molecule has 0 radical (unpaired) electrons. The first-order chi connectivity index (χ1) is 14.4. The Morgan fingerprint density at radius 1 is 0.900 bits per heavy atom. The third-order valence-corrected chi connectivity index (χ3v) is 5.27. The number of imidazole rings is 1. The number of nitrogens with zero attached hydrogens (tertiary/aromatic N) is 5. The monoisotopic (exact) mass is 427 g/mol. The predicted octanol–water partition coefficient (Wildman–Crippen LogP) is 3.99. The van der Waals surface area contributed by atoms with Crippen molar-refractivity contribution in [1.29, 1.82) is 0 Å². The van der Waals surface area contributed by atoms with Crippen LogP contribution in [0.15, 0.2) is 17.5 Å². The van der Waals surface area contributed by atoms with Crippen LogP contribution in [0.4, 0.5) is 0 Å². The lowest BCUT2D eigenvalue weighted by Gasteiger charge is -2.15. The minimum Gasteiger partial charge on any atom is -0.493 e. The number of fused-ring (bicyclic) bond motifs is 1. The maximum atomic E-state index is 6.19. The van der Waals surface area contributed by atoms with Gasteiger partial charge < -0.3 is 18.9 Å². The molecule has 9 nitrogen and oxygen atoms in total. The Balaban J connectivity index is 1.88. The number of hydrogen-bond donors (Lipinski definition) is 0. The van der Waals surface area contributed by atoms with Gasteiger partial charge >= 0.3 is 0 Å². The Morgan fingerprint density at radius 3 is 2.17 bits per heavy atom. The molecule has 0 bridgehead atoms. The van der Waals surface area contributed by atoms with Gasteiger partial charge in [-0.25, -0.2) is 14.5 Å². The summed E-state index contributed by atoms with van der Waals surface area (Å²) < 4.78 is 24.1. The van der Waals surface area contributed by atoms with Crippen LogP contribution in [0.3, 0.4) is 0 Å². The molecule has 0 saturated carbocycles. The van der Waals surface area contributed by atoms with Gasteiger partial charge in [-0.3, -0.25) is 0 Å². The van der Waals surface area contributed by atoms with Crippen molar-refractivity contribution in [3.8, 4) is 40.4 Å². The van der Waals surface area contributed by atoms with Crippen LogP contribution in [0.5, 0.6) is 28.9 Å². The average Bonchev–Trinajstić information content (AvgIpc) is 3.30. The smallest absolute Gasteiger partial charge is 0.249 e. The van der Waals surface area contributed by atoms with Crippen LogP contribution in [-0.4, -0.2) is 45.9 Å². The molecule has 0 unspecified atom stereocenters. The SMILES string of the molecule is COc1cc(Oc2nc(-c3csc(C)n3)nn3c(C)nc(C)c23)cc(OC)c1OC. The van der Waals surface area contributed by atoms with Gasteiger partial charge in [0.1, 0.15) is 17.3 Å². The van der Waals surface area contributed by atoms with Gasteiger partial charge in [0, 0.05) is 17.5 Å². The first-order valence-corrected chi connectivity index (χ1v) is 9.97. The second-order valence-electron chi connectivity index (χ2n) is 6.46. The van der Waals surface area contributed by atoms with Crippen LogP contribution in [-0.2, 0) is 0 Å². The van der Waals surface area contributed by atoms with Gasteiger partial charge in [-0.15, -0.1) is 16.4 Å². The van der Waals surface area contributed by atoms with Crippen molar-refractivity contribution in [2.45, 2.75) is 20.8 Å².